The summed E-state index contributed by atoms with van der Waals surface area (Å²) in [6, 6.07) is 15.0. The Kier molecular flexibility index (Phi) is 7.04. The van der Waals surface area contributed by atoms with Gasteiger partial charge < -0.3 is 19.6 Å². The standard InChI is InChI=1S/C20H24N2O3/c1-22(2)13-14-25-21-18(17-7-5-4-6-8-17)11-9-16-10-12-19(23)20(15-16)24-3/h4-12,15,23H,13-14H2,1-3H3. The number of benzene rings is 2. The molecule has 0 bridgehead atoms. The van der Waals surface area contributed by atoms with Crippen molar-refractivity contribution in [3.63, 3.8) is 0 Å². The van der Waals surface area contributed by atoms with Gasteiger partial charge >= 0.3 is 0 Å². The SMILES string of the molecule is COc1cc(C=CC(=NOCCN(C)C)c2ccccc2)ccc1O. The van der Waals surface area contributed by atoms with E-state index in [1.54, 1.807) is 12.1 Å². The van der Waals surface area contributed by atoms with Crippen LogP contribution in [0, 0.1) is 0 Å². The summed E-state index contributed by atoms with van der Waals surface area (Å²) in [5, 5.41) is 13.9. The van der Waals surface area contributed by atoms with E-state index in [0.29, 0.717) is 12.4 Å². The Hall–Kier alpha value is -2.79. The quantitative estimate of drug-likeness (QED) is 0.455. The minimum atomic E-state index is 0.114. The van der Waals surface area contributed by atoms with Crippen molar-refractivity contribution in [2.75, 3.05) is 34.4 Å². The van der Waals surface area contributed by atoms with Crippen molar-refractivity contribution in [2.45, 2.75) is 0 Å². The van der Waals surface area contributed by atoms with E-state index in [-0.39, 0.29) is 5.75 Å². The van der Waals surface area contributed by atoms with Crippen LogP contribution >= 0.6 is 0 Å². The molecule has 25 heavy (non-hydrogen) atoms. The smallest absolute Gasteiger partial charge is 0.161 e. The van der Waals surface area contributed by atoms with Crippen LogP contribution < -0.4 is 4.74 Å². The lowest BCUT2D eigenvalue weighted by Gasteiger charge is -2.08. The summed E-state index contributed by atoms with van der Waals surface area (Å²) in [4.78, 5) is 7.48. The molecular formula is C20H24N2O3. The number of ether oxygens (including phenoxy) is 1. The van der Waals surface area contributed by atoms with E-state index in [1.165, 1.54) is 7.11 Å². The third-order valence-electron chi connectivity index (χ3n) is 3.50. The molecule has 2 aromatic carbocycles. The number of aromatic hydroxyl groups is 1. The molecule has 0 atom stereocenters. The molecule has 0 aliphatic heterocycles. The lowest BCUT2D eigenvalue weighted by Crippen LogP contribution is -2.17. The summed E-state index contributed by atoms with van der Waals surface area (Å²) in [5.41, 5.74) is 2.59. The number of phenols is 1. The minimum absolute atomic E-state index is 0.114. The van der Waals surface area contributed by atoms with Crippen LogP contribution in [0.15, 0.2) is 59.8 Å². The summed E-state index contributed by atoms with van der Waals surface area (Å²) >= 11 is 0. The van der Waals surface area contributed by atoms with Gasteiger partial charge in [0.15, 0.2) is 11.5 Å². The van der Waals surface area contributed by atoms with E-state index < -0.39 is 0 Å². The van der Waals surface area contributed by atoms with Crippen LogP contribution in [-0.4, -0.2) is 50.1 Å². The lowest BCUT2D eigenvalue weighted by molar-refractivity contribution is 0.126. The molecule has 0 saturated carbocycles. The number of nitrogens with zero attached hydrogens (tertiary/aromatic N) is 2. The topological polar surface area (TPSA) is 54.3 Å². The van der Waals surface area contributed by atoms with Crippen molar-refractivity contribution >= 4 is 11.8 Å². The van der Waals surface area contributed by atoms with E-state index in [9.17, 15) is 5.11 Å². The zero-order valence-electron chi connectivity index (χ0n) is 14.8. The van der Waals surface area contributed by atoms with Crippen LogP contribution in [-0.2, 0) is 4.84 Å². The maximum Gasteiger partial charge on any atom is 0.161 e. The number of methoxy groups -OCH3 is 1. The summed E-state index contributed by atoms with van der Waals surface area (Å²) in [5.74, 6) is 0.547. The first-order valence-corrected chi connectivity index (χ1v) is 8.05. The number of rotatable bonds is 8. The molecule has 0 aliphatic rings. The number of hydrogen-bond donors (Lipinski definition) is 1. The number of hydrogen-bond acceptors (Lipinski definition) is 5. The first kappa shape index (κ1) is 18.5. The Morgan fingerprint density at radius 2 is 1.92 bits per heavy atom. The van der Waals surface area contributed by atoms with Gasteiger partial charge in [0.1, 0.15) is 12.3 Å². The molecule has 132 valence electrons. The highest BCUT2D eigenvalue weighted by atomic mass is 16.6. The molecular weight excluding hydrogens is 316 g/mol. The third kappa shape index (κ3) is 5.97. The second-order valence-electron chi connectivity index (χ2n) is 5.74. The summed E-state index contributed by atoms with van der Waals surface area (Å²) in [7, 11) is 5.50. The summed E-state index contributed by atoms with van der Waals surface area (Å²) in [6.45, 7) is 1.31. The Balaban J connectivity index is 2.19. The molecule has 5 heteroatoms. The number of oxime groups is 1. The van der Waals surface area contributed by atoms with Crippen LogP contribution in [0.5, 0.6) is 11.5 Å². The molecule has 0 amide bonds. The van der Waals surface area contributed by atoms with Gasteiger partial charge in [-0.3, -0.25) is 0 Å². The molecule has 0 fully saturated rings. The van der Waals surface area contributed by atoms with E-state index >= 15 is 0 Å². The minimum Gasteiger partial charge on any atom is -0.504 e. The van der Waals surface area contributed by atoms with Crippen LogP contribution in [0.3, 0.4) is 0 Å². The maximum absolute atomic E-state index is 9.68. The van der Waals surface area contributed by atoms with Gasteiger partial charge in [-0.1, -0.05) is 47.6 Å². The van der Waals surface area contributed by atoms with Gasteiger partial charge in [0.05, 0.1) is 7.11 Å². The normalized spacial score (nSPS) is 11.9. The number of likely N-dealkylation sites (N-methyl/N-ethyl adjacent to an activating group) is 1. The Bertz CT molecular complexity index is 725. The largest absolute Gasteiger partial charge is 0.504 e. The third-order valence-corrected chi connectivity index (χ3v) is 3.50. The Labute approximate surface area is 148 Å². The molecule has 0 spiro atoms. The molecule has 0 aromatic heterocycles. The van der Waals surface area contributed by atoms with Crippen LogP contribution in [0.1, 0.15) is 11.1 Å². The van der Waals surface area contributed by atoms with Crippen molar-refractivity contribution in [1.82, 2.24) is 4.90 Å². The summed E-state index contributed by atoms with van der Waals surface area (Å²) < 4.78 is 5.14. The molecule has 5 nitrogen and oxygen atoms in total. The van der Waals surface area contributed by atoms with Crippen molar-refractivity contribution < 1.29 is 14.7 Å². The monoisotopic (exact) mass is 340 g/mol. The lowest BCUT2D eigenvalue weighted by atomic mass is 10.1. The van der Waals surface area contributed by atoms with Crippen LogP contribution in [0.4, 0.5) is 0 Å². The van der Waals surface area contributed by atoms with Crippen molar-refractivity contribution in [3.8, 4) is 11.5 Å². The highest BCUT2D eigenvalue weighted by Crippen LogP contribution is 2.26. The predicted molar refractivity (Wildman–Crippen MR) is 101 cm³/mol. The number of phenolic OH excluding ortho intramolecular Hbond substituents is 1. The highest BCUT2D eigenvalue weighted by Gasteiger charge is 2.03. The average Bonchev–Trinajstić information content (AvgIpc) is 2.62. The van der Waals surface area contributed by atoms with E-state index in [2.05, 4.69) is 5.16 Å². The van der Waals surface area contributed by atoms with Gasteiger partial charge in [0.25, 0.3) is 0 Å². The Morgan fingerprint density at radius 1 is 1.16 bits per heavy atom. The molecule has 0 radical (unpaired) electrons. The first-order chi connectivity index (χ1) is 12.1. The van der Waals surface area contributed by atoms with Gasteiger partial charge in [-0.2, -0.15) is 0 Å². The van der Waals surface area contributed by atoms with Crippen LogP contribution in [0.25, 0.3) is 6.08 Å². The second kappa shape index (κ2) is 9.49. The van der Waals surface area contributed by atoms with Crippen molar-refractivity contribution in [1.29, 1.82) is 0 Å². The second-order valence-corrected chi connectivity index (χ2v) is 5.74. The van der Waals surface area contributed by atoms with Gasteiger partial charge in [-0.25, -0.2) is 0 Å². The van der Waals surface area contributed by atoms with Crippen molar-refractivity contribution in [3.05, 3.63) is 65.7 Å². The average molecular weight is 340 g/mol. The van der Waals surface area contributed by atoms with E-state index in [4.69, 9.17) is 9.57 Å². The Morgan fingerprint density at radius 3 is 2.60 bits per heavy atom. The molecule has 0 aliphatic carbocycles. The van der Waals surface area contributed by atoms with Gasteiger partial charge in [-0.05, 0) is 37.9 Å². The highest BCUT2D eigenvalue weighted by molar-refractivity contribution is 6.10. The van der Waals surface area contributed by atoms with Gasteiger partial charge in [-0.15, -0.1) is 0 Å². The van der Waals surface area contributed by atoms with Gasteiger partial charge in [0.2, 0.25) is 0 Å². The first-order valence-electron chi connectivity index (χ1n) is 8.05. The fraction of sp³-hybridized carbons (Fsp3) is 0.250. The molecule has 1 N–H and O–H groups in total. The fourth-order valence-electron chi connectivity index (χ4n) is 2.10. The summed E-state index contributed by atoms with van der Waals surface area (Å²) in [6.07, 6.45) is 3.79. The zero-order valence-corrected chi connectivity index (χ0v) is 14.8. The zero-order chi connectivity index (χ0) is 18.1. The molecule has 0 saturated heterocycles. The van der Waals surface area contributed by atoms with E-state index in [0.717, 1.165) is 23.4 Å². The molecule has 2 aromatic rings. The molecule has 0 heterocycles. The molecule has 0 unspecified atom stereocenters. The van der Waals surface area contributed by atoms with Crippen LogP contribution in [0.2, 0.25) is 0 Å². The molecule has 2 rings (SSSR count). The predicted octanol–water partition coefficient (Wildman–Crippen LogP) is 3.40. The maximum atomic E-state index is 9.68. The van der Waals surface area contributed by atoms with Crippen molar-refractivity contribution in [2.24, 2.45) is 5.16 Å². The van der Waals surface area contributed by atoms with E-state index in [1.807, 2.05) is 67.5 Å². The van der Waals surface area contributed by atoms with Gasteiger partial charge in [0, 0.05) is 12.1 Å². The fourth-order valence-corrected chi connectivity index (χ4v) is 2.10. The number of allylic oxidation sites excluding steroid dienone is 1.